The van der Waals surface area contributed by atoms with Gasteiger partial charge in [0.2, 0.25) is 5.91 Å². The zero-order chi connectivity index (χ0) is 14.4. The minimum absolute atomic E-state index is 0.0717. The third kappa shape index (κ3) is 4.20. The molecule has 1 aliphatic heterocycles. The highest BCUT2D eigenvalue weighted by Crippen LogP contribution is 2.14. The molecule has 1 fully saturated rings. The molecular formula is C15H21ClN2O2. The first-order chi connectivity index (χ1) is 9.70. The van der Waals surface area contributed by atoms with Crippen molar-refractivity contribution in [2.75, 3.05) is 26.3 Å². The topological polar surface area (TPSA) is 50.4 Å². The Morgan fingerprint density at radius 1 is 1.35 bits per heavy atom. The summed E-state index contributed by atoms with van der Waals surface area (Å²) < 4.78 is 5.38. The van der Waals surface area contributed by atoms with Gasteiger partial charge >= 0.3 is 0 Å². The van der Waals surface area contributed by atoms with Crippen molar-refractivity contribution in [1.29, 1.82) is 0 Å². The summed E-state index contributed by atoms with van der Waals surface area (Å²) >= 11 is 5.84. The van der Waals surface area contributed by atoms with Crippen molar-refractivity contribution in [3.63, 3.8) is 0 Å². The average molecular weight is 297 g/mol. The van der Waals surface area contributed by atoms with Crippen LogP contribution >= 0.6 is 11.6 Å². The van der Waals surface area contributed by atoms with E-state index in [1.165, 1.54) is 5.56 Å². The monoisotopic (exact) mass is 296 g/mol. The number of rotatable bonds is 6. The molecule has 2 unspecified atom stereocenters. The Balaban J connectivity index is 1.76. The van der Waals surface area contributed by atoms with E-state index in [4.69, 9.17) is 16.3 Å². The summed E-state index contributed by atoms with van der Waals surface area (Å²) in [7, 11) is 0. The fourth-order valence-electron chi connectivity index (χ4n) is 2.39. The van der Waals surface area contributed by atoms with Gasteiger partial charge in [-0.3, -0.25) is 4.79 Å². The van der Waals surface area contributed by atoms with Gasteiger partial charge in [-0.15, -0.1) is 0 Å². The molecule has 0 aromatic heterocycles. The van der Waals surface area contributed by atoms with Gasteiger partial charge in [0, 0.05) is 17.6 Å². The minimum atomic E-state index is -0.0832. The van der Waals surface area contributed by atoms with Gasteiger partial charge in [-0.2, -0.15) is 0 Å². The zero-order valence-electron chi connectivity index (χ0n) is 11.7. The minimum Gasteiger partial charge on any atom is -0.379 e. The lowest BCUT2D eigenvalue weighted by molar-refractivity contribution is -0.125. The number of benzene rings is 1. The van der Waals surface area contributed by atoms with Gasteiger partial charge in [-0.25, -0.2) is 0 Å². The van der Waals surface area contributed by atoms with Gasteiger partial charge in [-0.05, 0) is 30.7 Å². The van der Waals surface area contributed by atoms with Gasteiger partial charge in [0.05, 0.1) is 19.1 Å². The van der Waals surface area contributed by atoms with Gasteiger partial charge < -0.3 is 15.4 Å². The predicted octanol–water partition coefficient (Wildman–Crippen LogP) is 1.62. The number of carbonyl (C=O) groups excluding carboxylic acids is 1. The van der Waals surface area contributed by atoms with Crippen LogP contribution in [0.15, 0.2) is 24.3 Å². The molecule has 20 heavy (non-hydrogen) atoms. The van der Waals surface area contributed by atoms with E-state index in [2.05, 4.69) is 10.6 Å². The predicted molar refractivity (Wildman–Crippen MR) is 79.9 cm³/mol. The second-order valence-electron chi connectivity index (χ2n) is 4.98. The van der Waals surface area contributed by atoms with E-state index in [-0.39, 0.29) is 17.9 Å². The van der Waals surface area contributed by atoms with Crippen LogP contribution in [-0.4, -0.2) is 38.3 Å². The van der Waals surface area contributed by atoms with Crippen LogP contribution in [0, 0.1) is 5.92 Å². The van der Waals surface area contributed by atoms with Crippen LogP contribution in [0.25, 0.3) is 0 Å². The molecule has 1 amide bonds. The molecule has 5 heteroatoms. The summed E-state index contributed by atoms with van der Waals surface area (Å²) in [6.45, 7) is 4.64. The van der Waals surface area contributed by atoms with Crippen molar-refractivity contribution in [2.24, 2.45) is 5.92 Å². The van der Waals surface area contributed by atoms with Gasteiger partial charge in [0.25, 0.3) is 0 Å². The van der Waals surface area contributed by atoms with E-state index in [0.29, 0.717) is 19.8 Å². The quantitative estimate of drug-likeness (QED) is 0.839. The van der Waals surface area contributed by atoms with E-state index < -0.39 is 0 Å². The molecule has 2 rings (SSSR count). The molecule has 0 saturated carbocycles. The Morgan fingerprint density at radius 3 is 2.80 bits per heavy atom. The lowest BCUT2D eigenvalue weighted by Crippen LogP contribution is -2.44. The number of hydrogen-bond donors (Lipinski definition) is 2. The smallest absolute Gasteiger partial charge is 0.227 e. The first kappa shape index (κ1) is 15.3. The number of hydrogen-bond acceptors (Lipinski definition) is 3. The average Bonchev–Trinajstić information content (AvgIpc) is 2.90. The fraction of sp³-hybridized carbons (Fsp3) is 0.533. The molecular weight excluding hydrogens is 276 g/mol. The normalized spacial score (nSPS) is 21.9. The summed E-state index contributed by atoms with van der Waals surface area (Å²) in [4.78, 5) is 12.1. The van der Waals surface area contributed by atoms with Gasteiger partial charge in [0.1, 0.15) is 0 Å². The number of carbonyl (C=O) groups is 1. The van der Waals surface area contributed by atoms with Gasteiger partial charge in [0.15, 0.2) is 0 Å². The molecule has 1 heterocycles. The van der Waals surface area contributed by atoms with Crippen LogP contribution < -0.4 is 10.6 Å². The fourth-order valence-corrected chi connectivity index (χ4v) is 2.51. The highest BCUT2D eigenvalue weighted by molar-refractivity contribution is 6.30. The second kappa shape index (κ2) is 7.62. The first-order valence-corrected chi connectivity index (χ1v) is 7.41. The molecule has 110 valence electrons. The van der Waals surface area contributed by atoms with E-state index >= 15 is 0 Å². The van der Waals surface area contributed by atoms with Crippen LogP contribution in [0.3, 0.4) is 0 Å². The highest BCUT2D eigenvalue weighted by Gasteiger charge is 2.33. The van der Waals surface area contributed by atoms with Gasteiger partial charge in [-0.1, -0.05) is 30.7 Å². The number of nitrogens with one attached hydrogen (secondary N) is 2. The summed E-state index contributed by atoms with van der Waals surface area (Å²) in [6.07, 6.45) is 0.808. The molecule has 0 aliphatic carbocycles. The van der Waals surface area contributed by atoms with Crippen molar-refractivity contribution in [3.05, 3.63) is 34.9 Å². The zero-order valence-corrected chi connectivity index (χ0v) is 12.5. The highest BCUT2D eigenvalue weighted by atomic mass is 35.5. The summed E-state index contributed by atoms with van der Waals surface area (Å²) in [5.41, 5.74) is 1.17. The maximum atomic E-state index is 12.1. The summed E-state index contributed by atoms with van der Waals surface area (Å²) in [5.74, 6) is -0.0115. The molecule has 1 saturated heterocycles. The van der Waals surface area contributed by atoms with Crippen molar-refractivity contribution >= 4 is 17.5 Å². The van der Waals surface area contributed by atoms with Crippen molar-refractivity contribution in [1.82, 2.24) is 10.6 Å². The molecule has 1 aromatic rings. The molecule has 1 aromatic carbocycles. The number of likely N-dealkylation sites (N-methyl/N-ethyl adjacent to an activating group) is 1. The summed E-state index contributed by atoms with van der Waals surface area (Å²) in [6, 6.07) is 7.83. The van der Waals surface area contributed by atoms with Crippen molar-refractivity contribution < 1.29 is 9.53 Å². The number of amides is 1. The number of ether oxygens (including phenoxy) is 1. The van der Waals surface area contributed by atoms with Crippen LogP contribution in [0.5, 0.6) is 0 Å². The first-order valence-electron chi connectivity index (χ1n) is 7.04. The Hall–Kier alpha value is -1.10. The van der Waals surface area contributed by atoms with E-state index in [1.54, 1.807) is 0 Å². The second-order valence-corrected chi connectivity index (χ2v) is 5.41. The Kier molecular flexibility index (Phi) is 5.83. The third-order valence-corrected chi connectivity index (χ3v) is 3.76. The van der Waals surface area contributed by atoms with E-state index in [0.717, 1.165) is 18.0 Å². The lowest BCUT2D eigenvalue weighted by Gasteiger charge is -2.17. The lowest BCUT2D eigenvalue weighted by atomic mass is 10.0. The van der Waals surface area contributed by atoms with E-state index in [9.17, 15) is 4.79 Å². The molecule has 2 N–H and O–H groups in total. The Labute approximate surface area is 124 Å². The SMILES string of the molecule is CCNC1COCC1C(=O)NCCc1ccc(Cl)cc1. The largest absolute Gasteiger partial charge is 0.379 e. The third-order valence-electron chi connectivity index (χ3n) is 3.51. The van der Waals surface area contributed by atoms with Crippen LogP contribution in [-0.2, 0) is 16.0 Å². The molecule has 1 aliphatic rings. The summed E-state index contributed by atoms with van der Waals surface area (Å²) in [5, 5.41) is 7.00. The molecule has 4 nitrogen and oxygen atoms in total. The van der Waals surface area contributed by atoms with E-state index in [1.807, 2.05) is 31.2 Å². The Bertz CT molecular complexity index is 436. The number of halogens is 1. The molecule has 2 atom stereocenters. The standard InChI is InChI=1S/C15H21ClN2O2/c1-2-17-14-10-20-9-13(14)15(19)18-8-7-11-3-5-12(16)6-4-11/h3-6,13-14,17H,2,7-10H2,1H3,(H,18,19). The Morgan fingerprint density at radius 2 is 2.10 bits per heavy atom. The van der Waals surface area contributed by atoms with Crippen LogP contribution in [0.4, 0.5) is 0 Å². The van der Waals surface area contributed by atoms with Crippen LogP contribution in [0.2, 0.25) is 5.02 Å². The maximum Gasteiger partial charge on any atom is 0.227 e. The molecule has 0 bridgehead atoms. The molecule has 0 radical (unpaired) electrons. The molecule has 0 spiro atoms. The van der Waals surface area contributed by atoms with Crippen molar-refractivity contribution in [3.8, 4) is 0 Å². The van der Waals surface area contributed by atoms with Crippen LogP contribution in [0.1, 0.15) is 12.5 Å². The van der Waals surface area contributed by atoms with Crippen molar-refractivity contribution in [2.45, 2.75) is 19.4 Å². The maximum absolute atomic E-state index is 12.1.